The van der Waals surface area contributed by atoms with Crippen LogP contribution in [0.5, 0.6) is 0 Å². The minimum absolute atomic E-state index is 0.113. The van der Waals surface area contributed by atoms with Crippen LogP contribution >= 0.6 is 22.6 Å². The molecule has 4 N–H and O–H groups in total. The largest absolute Gasteiger partial charge is 0.369 e. The van der Waals surface area contributed by atoms with Gasteiger partial charge in [0.2, 0.25) is 11.8 Å². The van der Waals surface area contributed by atoms with Crippen LogP contribution in [0, 0.1) is 26.7 Å². The van der Waals surface area contributed by atoms with Crippen molar-refractivity contribution in [1.82, 2.24) is 0 Å². The molecule has 1 aromatic rings. The van der Waals surface area contributed by atoms with Crippen LogP contribution in [-0.4, -0.2) is 11.8 Å². The maximum absolute atomic E-state index is 12.3. The molecular formula is C17H21IN2O2. The highest BCUT2D eigenvalue weighted by Gasteiger charge is 2.71. The zero-order valence-corrected chi connectivity index (χ0v) is 15.0. The lowest BCUT2D eigenvalue weighted by molar-refractivity contribution is -0.134. The quantitative estimate of drug-likeness (QED) is 0.746. The van der Waals surface area contributed by atoms with E-state index in [9.17, 15) is 9.59 Å². The lowest BCUT2D eigenvalue weighted by Gasteiger charge is -2.42. The zero-order chi connectivity index (χ0) is 16.3. The normalized spacial score (nSPS) is 35.5. The predicted molar refractivity (Wildman–Crippen MR) is 92.7 cm³/mol. The third kappa shape index (κ3) is 1.80. The molecular weight excluding hydrogens is 391 g/mol. The van der Waals surface area contributed by atoms with E-state index in [4.69, 9.17) is 11.5 Å². The monoisotopic (exact) mass is 412 g/mol. The Hall–Kier alpha value is -1.11. The predicted octanol–water partition coefficient (Wildman–Crippen LogP) is 2.18. The molecule has 2 aliphatic rings. The van der Waals surface area contributed by atoms with Gasteiger partial charge in [-0.1, -0.05) is 26.0 Å². The molecule has 2 bridgehead atoms. The Labute approximate surface area is 144 Å². The molecule has 2 aliphatic carbocycles. The molecule has 0 aliphatic heterocycles. The molecule has 0 saturated heterocycles. The third-order valence-electron chi connectivity index (χ3n) is 6.24. The third-order valence-corrected chi connectivity index (χ3v) is 6.96. The fourth-order valence-corrected chi connectivity index (χ4v) is 5.71. The van der Waals surface area contributed by atoms with Crippen LogP contribution < -0.4 is 11.5 Å². The number of amides is 2. The Balaban J connectivity index is 2.23. The first kappa shape index (κ1) is 15.8. The highest BCUT2D eigenvalue weighted by atomic mass is 127. The molecule has 4 unspecified atom stereocenters. The molecule has 4 atom stereocenters. The summed E-state index contributed by atoms with van der Waals surface area (Å²) in [6.07, 6.45) is 1.79. The van der Waals surface area contributed by atoms with Crippen molar-refractivity contribution < 1.29 is 9.59 Å². The van der Waals surface area contributed by atoms with Crippen LogP contribution in [0.15, 0.2) is 24.3 Å². The van der Waals surface area contributed by atoms with E-state index in [0.29, 0.717) is 0 Å². The second-order valence-electron chi connectivity index (χ2n) is 7.15. The molecule has 0 heterocycles. The van der Waals surface area contributed by atoms with Gasteiger partial charge in [0.05, 0.1) is 11.8 Å². The smallest absolute Gasteiger partial charge is 0.222 e. The van der Waals surface area contributed by atoms with E-state index < -0.39 is 29.1 Å². The number of hydrogen-bond donors (Lipinski definition) is 2. The van der Waals surface area contributed by atoms with Gasteiger partial charge in [-0.25, -0.2) is 0 Å². The number of nitrogens with two attached hydrogens (primary N) is 2. The van der Waals surface area contributed by atoms with Gasteiger partial charge in [-0.3, -0.25) is 9.59 Å². The highest BCUT2D eigenvalue weighted by Crippen LogP contribution is 2.70. The molecule has 0 spiro atoms. The maximum Gasteiger partial charge on any atom is 0.222 e. The summed E-state index contributed by atoms with van der Waals surface area (Å²) in [5.41, 5.74) is 11.9. The van der Waals surface area contributed by atoms with E-state index in [2.05, 4.69) is 48.6 Å². The fraction of sp³-hybridized carbons (Fsp3) is 0.529. The molecule has 5 heteroatoms. The van der Waals surface area contributed by atoms with Gasteiger partial charge in [0.15, 0.2) is 0 Å². The molecule has 3 rings (SSSR count). The number of carbonyl (C=O) groups excluding carboxylic acids is 2. The summed E-state index contributed by atoms with van der Waals surface area (Å²) in [5, 5.41) is 0. The number of benzene rings is 1. The average molecular weight is 412 g/mol. The highest BCUT2D eigenvalue weighted by molar-refractivity contribution is 14.1. The minimum atomic E-state index is -0.515. The van der Waals surface area contributed by atoms with Crippen molar-refractivity contribution in [1.29, 1.82) is 0 Å². The number of rotatable bonds is 3. The number of hydrogen-bond acceptors (Lipinski definition) is 2. The van der Waals surface area contributed by atoms with Gasteiger partial charge in [-0.05, 0) is 64.5 Å². The summed E-state index contributed by atoms with van der Waals surface area (Å²) >= 11 is 2.26. The molecule has 0 radical (unpaired) electrons. The standard InChI is InChI=1S/C17H21IN2O2/c1-16(2)11-7-8-17(16,9-3-5-10(18)6-4-9)13(15(20)22)12(11)14(19)21/h3-6,11-13H,7-8H2,1-2H3,(H2,19,21)(H2,20,22). The average Bonchev–Trinajstić information content (AvgIpc) is 2.81. The number of fused-ring (bicyclic) bond motifs is 2. The summed E-state index contributed by atoms with van der Waals surface area (Å²) in [6, 6.07) is 8.24. The minimum Gasteiger partial charge on any atom is -0.369 e. The number of halogens is 1. The first-order chi connectivity index (χ1) is 10.2. The van der Waals surface area contributed by atoms with Crippen molar-refractivity contribution in [2.24, 2.45) is 34.6 Å². The van der Waals surface area contributed by atoms with Gasteiger partial charge < -0.3 is 11.5 Å². The van der Waals surface area contributed by atoms with Crippen LogP contribution in [0.2, 0.25) is 0 Å². The van der Waals surface area contributed by atoms with Crippen molar-refractivity contribution in [2.75, 3.05) is 0 Å². The van der Waals surface area contributed by atoms with E-state index in [0.717, 1.165) is 22.0 Å². The van der Waals surface area contributed by atoms with Gasteiger partial charge in [-0.2, -0.15) is 0 Å². The van der Waals surface area contributed by atoms with Crippen LogP contribution in [0.3, 0.4) is 0 Å². The van der Waals surface area contributed by atoms with E-state index in [1.807, 2.05) is 12.1 Å². The van der Waals surface area contributed by atoms with Gasteiger partial charge in [0.1, 0.15) is 0 Å². The molecule has 2 fully saturated rings. The summed E-state index contributed by atoms with van der Waals surface area (Å²) in [7, 11) is 0. The van der Waals surface area contributed by atoms with Crippen LogP contribution in [0.4, 0.5) is 0 Å². The summed E-state index contributed by atoms with van der Waals surface area (Å²) in [6.45, 7) is 4.31. The van der Waals surface area contributed by atoms with Gasteiger partial charge in [0, 0.05) is 8.99 Å². The van der Waals surface area contributed by atoms with Crippen molar-refractivity contribution in [3.63, 3.8) is 0 Å². The molecule has 2 saturated carbocycles. The van der Waals surface area contributed by atoms with Gasteiger partial charge in [-0.15, -0.1) is 0 Å². The first-order valence-corrected chi connectivity index (χ1v) is 8.66. The van der Waals surface area contributed by atoms with Crippen molar-refractivity contribution >= 4 is 34.4 Å². The second kappa shape index (κ2) is 4.94. The van der Waals surface area contributed by atoms with Crippen molar-refractivity contribution in [2.45, 2.75) is 32.1 Å². The van der Waals surface area contributed by atoms with E-state index in [-0.39, 0.29) is 11.3 Å². The topological polar surface area (TPSA) is 86.2 Å². The summed E-state index contributed by atoms with van der Waals surface area (Å²) < 4.78 is 1.14. The summed E-state index contributed by atoms with van der Waals surface area (Å²) in [4.78, 5) is 24.3. The van der Waals surface area contributed by atoms with Crippen LogP contribution in [-0.2, 0) is 15.0 Å². The van der Waals surface area contributed by atoms with Crippen molar-refractivity contribution in [3.05, 3.63) is 33.4 Å². The Morgan fingerprint density at radius 1 is 1.14 bits per heavy atom. The molecule has 4 nitrogen and oxygen atoms in total. The SMILES string of the molecule is CC1(C)C2CCC1(c1ccc(I)cc1)C(C(N)=O)C2C(N)=O. The molecule has 22 heavy (non-hydrogen) atoms. The summed E-state index contributed by atoms with van der Waals surface area (Å²) in [5.74, 6) is -1.66. The number of primary amides is 2. The molecule has 1 aromatic carbocycles. The lowest BCUT2D eigenvalue weighted by atomic mass is 9.60. The first-order valence-electron chi connectivity index (χ1n) is 7.58. The van der Waals surface area contributed by atoms with Gasteiger partial charge >= 0.3 is 0 Å². The van der Waals surface area contributed by atoms with Crippen LogP contribution in [0.1, 0.15) is 32.3 Å². The maximum atomic E-state index is 12.3. The van der Waals surface area contributed by atoms with E-state index >= 15 is 0 Å². The molecule has 118 valence electrons. The second-order valence-corrected chi connectivity index (χ2v) is 8.40. The lowest BCUT2D eigenvalue weighted by Crippen LogP contribution is -2.49. The molecule has 0 aromatic heterocycles. The van der Waals surface area contributed by atoms with Gasteiger partial charge in [0.25, 0.3) is 0 Å². The Morgan fingerprint density at radius 2 is 1.73 bits per heavy atom. The zero-order valence-electron chi connectivity index (χ0n) is 12.8. The Bertz CT molecular complexity index is 641. The van der Waals surface area contributed by atoms with E-state index in [1.54, 1.807) is 0 Å². The molecule has 2 amide bonds. The van der Waals surface area contributed by atoms with Crippen LogP contribution in [0.25, 0.3) is 0 Å². The Kier molecular flexibility index (Phi) is 3.54. The Morgan fingerprint density at radius 3 is 2.23 bits per heavy atom. The fourth-order valence-electron chi connectivity index (χ4n) is 5.35. The van der Waals surface area contributed by atoms with Crippen molar-refractivity contribution in [3.8, 4) is 0 Å². The van der Waals surface area contributed by atoms with E-state index in [1.165, 1.54) is 0 Å². The number of carbonyl (C=O) groups is 2.